The number of ether oxygens (including phenoxy) is 1. The number of nitrogens with two attached hydrogens (primary N) is 2. The molecule has 14 heavy (non-hydrogen) atoms. The first-order valence-corrected chi connectivity index (χ1v) is 4.73. The third-order valence-corrected chi connectivity index (χ3v) is 1.71. The molecule has 0 radical (unpaired) electrons. The standard InChI is InChI=1S/C10H17N3O/c1-2-14-10-6-8(12)5-9(7-10)13-4-3-11/h5-7,13H,2-4,11-12H2,1H3. The molecule has 0 heterocycles. The van der Waals surface area contributed by atoms with E-state index in [1.165, 1.54) is 0 Å². The Kier molecular flexibility index (Phi) is 4.07. The van der Waals surface area contributed by atoms with Gasteiger partial charge < -0.3 is 21.5 Å². The Morgan fingerprint density at radius 2 is 2.14 bits per heavy atom. The van der Waals surface area contributed by atoms with Crippen molar-refractivity contribution in [1.29, 1.82) is 0 Å². The van der Waals surface area contributed by atoms with Gasteiger partial charge >= 0.3 is 0 Å². The van der Waals surface area contributed by atoms with Gasteiger partial charge in [-0.3, -0.25) is 0 Å². The quantitative estimate of drug-likeness (QED) is 0.614. The second-order valence-electron chi connectivity index (χ2n) is 2.94. The molecule has 1 aromatic carbocycles. The third kappa shape index (κ3) is 3.14. The van der Waals surface area contributed by atoms with Crippen LogP contribution in [0.1, 0.15) is 6.92 Å². The van der Waals surface area contributed by atoms with Gasteiger partial charge in [-0.15, -0.1) is 0 Å². The Labute approximate surface area is 84.2 Å². The van der Waals surface area contributed by atoms with Crippen molar-refractivity contribution >= 4 is 11.4 Å². The minimum atomic E-state index is 0.596. The molecule has 0 bridgehead atoms. The van der Waals surface area contributed by atoms with Crippen molar-refractivity contribution in [2.75, 3.05) is 30.7 Å². The molecule has 4 heteroatoms. The van der Waals surface area contributed by atoms with Crippen LogP contribution in [-0.2, 0) is 0 Å². The normalized spacial score (nSPS) is 9.86. The van der Waals surface area contributed by atoms with Crippen LogP contribution in [0.5, 0.6) is 5.75 Å². The Hall–Kier alpha value is -1.42. The van der Waals surface area contributed by atoms with Crippen LogP contribution in [0, 0.1) is 0 Å². The summed E-state index contributed by atoms with van der Waals surface area (Å²) in [5.74, 6) is 0.784. The molecule has 0 saturated carbocycles. The number of anilines is 2. The van der Waals surface area contributed by atoms with E-state index in [1.807, 2.05) is 19.1 Å². The Bertz CT molecular complexity index is 289. The van der Waals surface area contributed by atoms with E-state index in [4.69, 9.17) is 16.2 Å². The number of rotatable bonds is 5. The van der Waals surface area contributed by atoms with Crippen LogP contribution in [0.3, 0.4) is 0 Å². The third-order valence-electron chi connectivity index (χ3n) is 1.71. The van der Waals surface area contributed by atoms with Gasteiger partial charge in [0.2, 0.25) is 0 Å². The summed E-state index contributed by atoms with van der Waals surface area (Å²) in [7, 11) is 0. The molecule has 0 fully saturated rings. The molecule has 0 aliphatic heterocycles. The molecule has 0 aliphatic rings. The molecule has 0 unspecified atom stereocenters. The van der Waals surface area contributed by atoms with Crippen molar-refractivity contribution in [3.05, 3.63) is 18.2 Å². The van der Waals surface area contributed by atoms with Crippen LogP contribution in [0.15, 0.2) is 18.2 Å². The van der Waals surface area contributed by atoms with Gasteiger partial charge in [-0.2, -0.15) is 0 Å². The maximum absolute atomic E-state index is 5.71. The average Bonchev–Trinajstić information content (AvgIpc) is 2.14. The van der Waals surface area contributed by atoms with Gasteiger partial charge in [0, 0.05) is 36.6 Å². The lowest BCUT2D eigenvalue weighted by Crippen LogP contribution is -2.13. The molecule has 1 rings (SSSR count). The molecule has 0 spiro atoms. The zero-order valence-electron chi connectivity index (χ0n) is 8.42. The first-order valence-electron chi connectivity index (χ1n) is 4.73. The van der Waals surface area contributed by atoms with E-state index in [-0.39, 0.29) is 0 Å². The van der Waals surface area contributed by atoms with Crippen LogP contribution < -0.4 is 21.5 Å². The molecule has 5 N–H and O–H groups in total. The van der Waals surface area contributed by atoms with Gasteiger partial charge in [-0.1, -0.05) is 0 Å². The fourth-order valence-corrected chi connectivity index (χ4v) is 1.19. The van der Waals surface area contributed by atoms with Crippen LogP contribution in [-0.4, -0.2) is 19.7 Å². The fourth-order valence-electron chi connectivity index (χ4n) is 1.19. The van der Waals surface area contributed by atoms with E-state index in [0.29, 0.717) is 18.8 Å². The number of hydrogen-bond donors (Lipinski definition) is 3. The fraction of sp³-hybridized carbons (Fsp3) is 0.400. The minimum Gasteiger partial charge on any atom is -0.494 e. The van der Waals surface area contributed by atoms with Crippen LogP contribution in [0.4, 0.5) is 11.4 Å². The minimum absolute atomic E-state index is 0.596. The van der Waals surface area contributed by atoms with Gasteiger partial charge in [0.25, 0.3) is 0 Å². The molecule has 0 saturated heterocycles. The lowest BCUT2D eigenvalue weighted by Gasteiger charge is -2.09. The summed E-state index contributed by atoms with van der Waals surface area (Å²) in [4.78, 5) is 0. The predicted octanol–water partition coefficient (Wildman–Crippen LogP) is 1.04. The maximum atomic E-state index is 5.71. The smallest absolute Gasteiger partial charge is 0.123 e. The summed E-state index contributed by atoms with van der Waals surface area (Å²) in [6, 6.07) is 5.57. The van der Waals surface area contributed by atoms with Crippen molar-refractivity contribution in [3.63, 3.8) is 0 Å². The highest BCUT2D eigenvalue weighted by Crippen LogP contribution is 2.22. The van der Waals surface area contributed by atoms with E-state index in [0.717, 1.165) is 18.0 Å². The molecular weight excluding hydrogens is 178 g/mol. The lowest BCUT2D eigenvalue weighted by molar-refractivity contribution is 0.340. The molecule has 4 nitrogen and oxygen atoms in total. The molecule has 78 valence electrons. The van der Waals surface area contributed by atoms with Gasteiger partial charge in [-0.25, -0.2) is 0 Å². The Balaban J connectivity index is 2.73. The highest BCUT2D eigenvalue weighted by Gasteiger charge is 1.98. The monoisotopic (exact) mass is 195 g/mol. The number of nitrogens with one attached hydrogen (secondary N) is 1. The molecule has 0 aromatic heterocycles. The summed E-state index contributed by atoms with van der Waals surface area (Å²) in [5, 5.41) is 3.15. The molecule has 1 aromatic rings. The van der Waals surface area contributed by atoms with Crippen molar-refractivity contribution in [3.8, 4) is 5.75 Å². The van der Waals surface area contributed by atoms with Crippen LogP contribution in [0.25, 0.3) is 0 Å². The van der Waals surface area contributed by atoms with Gasteiger partial charge in [0.05, 0.1) is 6.61 Å². The van der Waals surface area contributed by atoms with Crippen LogP contribution in [0.2, 0.25) is 0 Å². The first-order chi connectivity index (χ1) is 6.76. The zero-order valence-corrected chi connectivity index (χ0v) is 8.42. The molecule has 0 atom stereocenters. The average molecular weight is 195 g/mol. The van der Waals surface area contributed by atoms with Crippen molar-refractivity contribution in [2.45, 2.75) is 6.92 Å². The Morgan fingerprint density at radius 3 is 2.79 bits per heavy atom. The first kappa shape index (κ1) is 10.7. The highest BCUT2D eigenvalue weighted by molar-refractivity contribution is 5.59. The molecule has 0 aliphatic carbocycles. The van der Waals surface area contributed by atoms with Gasteiger partial charge in [-0.05, 0) is 13.0 Å². The summed E-state index contributed by atoms with van der Waals surface area (Å²) < 4.78 is 5.36. The number of benzene rings is 1. The van der Waals surface area contributed by atoms with Gasteiger partial charge in [0.1, 0.15) is 5.75 Å². The Morgan fingerprint density at radius 1 is 1.36 bits per heavy atom. The van der Waals surface area contributed by atoms with E-state index < -0.39 is 0 Å². The van der Waals surface area contributed by atoms with Crippen molar-refractivity contribution < 1.29 is 4.74 Å². The summed E-state index contributed by atoms with van der Waals surface area (Å²) >= 11 is 0. The highest BCUT2D eigenvalue weighted by atomic mass is 16.5. The maximum Gasteiger partial charge on any atom is 0.123 e. The lowest BCUT2D eigenvalue weighted by atomic mass is 10.2. The zero-order chi connectivity index (χ0) is 10.4. The largest absolute Gasteiger partial charge is 0.494 e. The van der Waals surface area contributed by atoms with Crippen molar-refractivity contribution in [1.82, 2.24) is 0 Å². The van der Waals surface area contributed by atoms with Crippen LogP contribution >= 0.6 is 0 Å². The van der Waals surface area contributed by atoms with E-state index in [9.17, 15) is 0 Å². The summed E-state index contributed by atoms with van der Waals surface area (Å²) in [6.07, 6.45) is 0. The van der Waals surface area contributed by atoms with Crippen molar-refractivity contribution in [2.24, 2.45) is 5.73 Å². The number of hydrogen-bond acceptors (Lipinski definition) is 4. The SMILES string of the molecule is CCOc1cc(N)cc(NCCN)c1. The molecule has 0 amide bonds. The van der Waals surface area contributed by atoms with E-state index in [1.54, 1.807) is 6.07 Å². The van der Waals surface area contributed by atoms with Gasteiger partial charge in [0.15, 0.2) is 0 Å². The summed E-state index contributed by atoms with van der Waals surface area (Å²) in [5.41, 5.74) is 12.7. The topological polar surface area (TPSA) is 73.3 Å². The van der Waals surface area contributed by atoms with E-state index >= 15 is 0 Å². The number of nitrogen functional groups attached to an aromatic ring is 1. The van der Waals surface area contributed by atoms with E-state index in [2.05, 4.69) is 5.32 Å². The summed E-state index contributed by atoms with van der Waals surface area (Å²) in [6.45, 7) is 3.91. The second kappa shape index (κ2) is 5.34. The predicted molar refractivity (Wildman–Crippen MR) is 59.6 cm³/mol. The molecular formula is C10H17N3O. The second-order valence-corrected chi connectivity index (χ2v) is 2.94.